The molecular weight excluding hydrogens is 414 g/mol. The fraction of sp³-hybridized carbons (Fsp3) is 0.435. The van der Waals surface area contributed by atoms with Crippen molar-refractivity contribution in [2.45, 2.75) is 38.0 Å². The van der Waals surface area contributed by atoms with Crippen LogP contribution in [0.2, 0.25) is 0 Å². The molecule has 0 spiro atoms. The molecule has 0 saturated carbocycles. The van der Waals surface area contributed by atoms with Crippen LogP contribution in [-0.4, -0.2) is 57.1 Å². The highest BCUT2D eigenvalue weighted by atomic mass is 32.2. The lowest BCUT2D eigenvalue weighted by Crippen LogP contribution is -2.47. The van der Waals surface area contributed by atoms with Crippen molar-refractivity contribution in [2.75, 3.05) is 42.3 Å². The van der Waals surface area contributed by atoms with Gasteiger partial charge in [0.2, 0.25) is 0 Å². The van der Waals surface area contributed by atoms with Gasteiger partial charge < -0.3 is 10.0 Å². The third kappa shape index (κ3) is 5.57. The van der Waals surface area contributed by atoms with Crippen molar-refractivity contribution >= 4 is 27.4 Å². The van der Waals surface area contributed by atoms with E-state index in [9.17, 15) is 18.3 Å². The molecule has 0 amide bonds. The SMILES string of the molecule is CCCN1CCN(c2ccc(NS(=O)(=O)c3ccc(C(C)C)cc3)cc2C(=O)O)CC1. The molecule has 0 radical (unpaired) electrons. The number of aromatic carboxylic acids is 1. The van der Waals surface area contributed by atoms with Crippen LogP contribution < -0.4 is 9.62 Å². The van der Waals surface area contributed by atoms with Crippen LogP contribution >= 0.6 is 0 Å². The lowest BCUT2D eigenvalue weighted by atomic mass is 10.0. The van der Waals surface area contributed by atoms with Crippen molar-refractivity contribution in [1.82, 2.24) is 4.90 Å². The maximum atomic E-state index is 12.8. The molecule has 1 saturated heterocycles. The quantitative estimate of drug-likeness (QED) is 0.642. The zero-order valence-corrected chi connectivity index (χ0v) is 19.2. The lowest BCUT2D eigenvalue weighted by molar-refractivity contribution is 0.0697. The molecule has 8 heteroatoms. The van der Waals surface area contributed by atoms with E-state index in [1.165, 1.54) is 6.07 Å². The first-order valence-electron chi connectivity index (χ1n) is 10.7. The fourth-order valence-corrected chi connectivity index (χ4v) is 4.87. The summed E-state index contributed by atoms with van der Waals surface area (Å²) >= 11 is 0. The highest BCUT2D eigenvalue weighted by Gasteiger charge is 2.22. The van der Waals surface area contributed by atoms with Crippen molar-refractivity contribution in [1.29, 1.82) is 0 Å². The summed E-state index contributed by atoms with van der Waals surface area (Å²) in [5.74, 6) is -0.771. The molecule has 0 unspecified atom stereocenters. The van der Waals surface area contributed by atoms with Gasteiger partial charge in [0, 0.05) is 31.9 Å². The molecule has 3 rings (SSSR count). The summed E-state index contributed by atoms with van der Waals surface area (Å²) in [6, 6.07) is 11.4. The van der Waals surface area contributed by atoms with E-state index in [4.69, 9.17) is 0 Å². The van der Waals surface area contributed by atoms with Gasteiger partial charge in [0.1, 0.15) is 0 Å². The largest absolute Gasteiger partial charge is 0.478 e. The van der Waals surface area contributed by atoms with E-state index in [0.717, 1.165) is 44.7 Å². The summed E-state index contributed by atoms with van der Waals surface area (Å²) in [4.78, 5) is 16.5. The first kappa shape index (κ1) is 23.1. The number of carboxylic acids is 1. The number of nitrogens with one attached hydrogen (secondary N) is 1. The van der Waals surface area contributed by atoms with Gasteiger partial charge in [0.15, 0.2) is 0 Å². The molecule has 1 fully saturated rings. The minimum absolute atomic E-state index is 0.0966. The summed E-state index contributed by atoms with van der Waals surface area (Å²) in [5, 5.41) is 9.74. The zero-order chi connectivity index (χ0) is 22.6. The smallest absolute Gasteiger partial charge is 0.337 e. The van der Waals surface area contributed by atoms with Gasteiger partial charge in [-0.2, -0.15) is 0 Å². The van der Waals surface area contributed by atoms with Crippen LogP contribution in [0.3, 0.4) is 0 Å². The number of hydrogen-bond acceptors (Lipinski definition) is 5. The summed E-state index contributed by atoms with van der Waals surface area (Å²) in [6.45, 7) is 10.5. The molecule has 2 aromatic rings. The first-order valence-corrected chi connectivity index (χ1v) is 12.2. The highest BCUT2D eigenvalue weighted by molar-refractivity contribution is 7.92. The minimum atomic E-state index is -3.81. The number of piperazine rings is 1. The van der Waals surface area contributed by atoms with Crippen molar-refractivity contribution in [2.24, 2.45) is 0 Å². The normalized spacial score (nSPS) is 15.3. The monoisotopic (exact) mass is 445 g/mol. The molecule has 2 aromatic carbocycles. The van der Waals surface area contributed by atoms with Gasteiger partial charge in [0.25, 0.3) is 10.0 Å². The van der Waals surface area contributed by atoms with Gasteiger partial charge in [-0.25, -0.2) is 13.2 Å². The second kappa shape index (κ2) is 9.70. The molecule has 1 heterocycles. The molecule has 0 bridgehead atoms. The molecule has 168 valence electrons. The van der Waals surface area contributed by atoms with Crippen molar-refractivity contribution in [3.05, 3.63) is 53.6 Å². The van der Waals surface area contributed by atoms with E-state index in [2.05, 4.69) is 21.4 Å². The van der Waals surface area contributed by atoms with E-state index < -0.39 is 16.0 Å². The Labute approximate surface area is 184 Å². The summed E-state index contributed by atoms with van der Waals surface area (Å²) in [7, 11) is -3.81. The van der Waals surface area contributed by atoms with E-state index in [1.807, 2.05) is 13.8 Å². The fourth-order valence-electron chi connectivity index (χ4n) is 3.82. The van der Waals surface area contributed by atoms with Crippen molar-refractivity contribution in [3.8, 4) is 0 Å². The molecule has 1 aliphatic heterocycles. The van der Waals surface area contributed by atoms with Crippen LogP contribution in [-0.2, 0) is 10.0 Å². The Morgan fingerprint density at radius 1 is 1.06 bits per heavy atom. The zero-order valence-electron chi connectivity index (χ0n) is 18.3. The summed E-state index contributed by atoms with van der Waals surface area (Å²) in [6.07, 6.45) is 1.09. The third-order valence-corrected chi connectivity index (χ3v) is 6.99. The number of nitrogens with zero attached hydrogens (tertiary/aromatic N) is 2. The van der Waals surface area contributed by atoms with Crippen LogP contribution in [0.25, 0.3) is 0 Å². The standard InChI is InChI=1S/C23H31N3O4S/c1-4-11-25-12-14-26(15-13-25)22-10-7-19(16-21(22)23(27)28)24-31(29,30)20-8-5-18(6-9-20)17(2)3/h5-10,16-17,24H,4,11-15H2,1-3H3,(H,27,28). The topological polar surface area (TPSA) is 90.0 Å². The number of carboxylic acid groups (broad SMARTS) is 1. The molecule has 31 heavy (non-hydrogen) atoms. The van der Waals surface area contributed by atoms with Gasteiger partial charge in [-0.1, -0.05) is 32.9 Å². The van der Waals surface area contributed by atoms with E-state index in [0.29, 0.717) is 11.6 Å². The van der Waals surface area contributed by atoms with Gasteiger partial charge in [-0.15, -0.1) is 0 Å². The highest BCUT2D eigenvalue weighted by Crippen LogP contribution is 2.27. The number of carbonyl (C=O) groups is 1. The Kier molecular flexibility index (Phi) is 7.23. The van der Waals surface area contributed by atoms with Crippen LogP contribution in [0, 0.1) is 0 Å². The van der Waals surface area contributed by atoms with Crippen LogP contribution in [0.15, 0.2) is 47.4 Å². The lowest BCUT2D eigenvalue weighted by Gasteiger charge is -2.36. The number of sulfonamides is 1. The van der Waals surface area contributed by atoms with Crippen molar-refractivity contribution < 1.29 is 18.3 Å². The Bertz CT molecular complexity index is 1010. The second-order valence-electron chi connectivity index (χ2n) is 8.20. The Morgan fingerprint density at radius 3 is 2.26 bits per heavy atom. The predicted octanol–water partition coefficient (Wildman–Crippen LogP) is 3.84. The molecule has 0 aliphatic carbocycles. The van der Waals surface area contributed by atoms with Gasteiger partial charge in [-0.05, 0) is 54.8 Å². The molecular formula is C23H31N3O4S. The van der Waals surface area contributed by atoms with Gasteiger partial charge in [0.05, 0.1) is 16.1 Å². The minimum Gasteiger partial charge on any atom is -0.478 e. The molecule has 2 N–H and O–H groups in total. The van der Waals surface area contributed by atoms with Crippen molar-refractivity contribution in [3.63, 3.8) is 0 Å². The third-order valence-electron chi connectivity index (χ3n) is 5.59. The maximum Gasteiger partial charge on any atom is 0.337 e. The summed E-state index contributed by atoms with van der Waals surface area (Å²) < 4.78 is 28.1. The average molecular weight is 446 g/mol. The molecule has 1 aliphatic rings. The van der Waals surface area contributed by atoms with E-state index in [1.54, 1.807) is 36.4 Å². The van der Waals surface area contributed by atoms with Crippen LogP contribution in [0.5, 0.6) is 0 Å². The second-order valence-corrected chi connectivity index (χ2v) is 9.88. The van der Waals surface area contributed by atoms with E-state index >= 15 is 0 Å². The Hall–Kier alpha value is -2.58. The molecule has 0 atom stereocenters. The Balaban J connectivity index is 1.80. The van der Waals surface area contributed by atoms with Gasteiger partial charge in [-0.3, -0.25) is 9.62 Å². The molecule has 0 aromatic heterocycles. The van der Waals surface area contributed by atoms with E-state index in [-0.39, 0.29) is 16.1 Å². The number of hydrogen-bond donors (Lipinski definition) is 2. The van der Waals surface area contributed by atoms with Crippen LogP contribution in [0.4, 0.5) is 11.4 Å². The summed E-state index contributed by atoms with van der Waals surface area (Å²) in [5.41, 5.74) is 2.00. The predicted molar refractivity (Wildman–Crippen MR) is 124 cm³/mol. The number of benzene rings is 2. The first-order chi connectivity index (χ1) is 14.7. The maximum absolute atomic E-state index is 12.8. The molecule has 7 nitrogen and oxygen atoms in total. The average Bonchev–Trinajstić information content (AvgIpc) is 2.74. The Morgan fingerprint density at radius 2 is 1.71 bits per heavy atom. The number of rotatable bonds is 8. The number of anilines is 2. The van der Waals surface area contributed by atoms with Crippen LogP contribution in [0.1, 0.15) is 49.0 Å². The van der Waals surface area contributed by atoms with Gasteiger partial charge >= 0.3 is 5.97 Å².